The van der Waals surface area contributed by atoms with Gasteiger partial charge in [-0.2, -0.15) is 11.8 Å². The van der Waals surface area contributed by atoms with Gasteiger partial charge in [0.25, 0.3) is 0 Å². The van der Waals surface area contributed by atoms with E-state index in [2.05, 4.69) is 16.9 Å². The third-order valence-corrected chi connectivity index (χ3v) is 4.67. The lowest BCUT2D eigenvalue weighted by atomic mass is 9.95. The zero-order chi connectivity index (χ0) is 14.3. The largest absolute Gasteiger partial charge is 0.481 e. The summed E-state index contributed by atoms with van der Waals surface area (Å²) in [5.41, 5.74) is 0. The van der Waals surface area contributed by atoms with Crippen LogP contribution in [0.3, 0.4) is 0 Å². The van der Waals surface area contributed by atoms with Crippen LogP contribution in [0.5, 0.6) is 0 Å². The average Bonchev–Trinajstić information content (AvgIpc) is 2.38. The van der Waals surface area contributed by atoms with Crippen molar-refractivity contribution in [3.63, 3.8) is 0 Å². The number of hydrogen-bond donors (Lipinski definition) is 3. The number of aliphatic carboxylic acids is 1. The highest BCUT2D eigenvalue weighted by atomic mass is 32.2. The van der Waals surface area contributed by atoms with Gasteiger partial charge in [-0.05, 0) is 31.9 Å². The predicted octanol–water partition coefficient (Wildman–Crippen LogP) is 2.07. The molecule has 0 radical (unpaired) electrons. The summed E-state index contributed by atoms with van der Waals surface area (Å²) in [4.78, 5) is 22.3. The molecular formula is C13H24N2O3S. The highest BCUT2D eigenvalue weighted by Crippen LogP contribution is 2.26. The van der Waals surface area contributed by atoms with Gasteiger partial charge in [-0.25, -0.2) is 4.79 Å². The van der Waals surface area contributed by atoms with Gasteiger partial charge in [0.1, 0.15) is 0 Å². The lowest BCUT2D eigenvalue weighted by Gasteiger charge is -2.28. The van der Waals surface area contributed by atoms with Crippen molar-refractivity contribution in [2.75, 3.05) is 12.8 Å². The molecule has 1 fully saturated rings. The Morgan fingerprint density at radius 2 is 2.16 bits per heavy atom. The summed E-state index contributed by atoms with van der Waals surface area (Å²) in [6.07, 6.45) is 7.03. The van der Waals surface area contributed by atoms with Crippen molar-refractivity contribution in [1.82, 2.24) is 10.6 Å². The second-order valence-electron chi connectivity index (χ2n) is 5.15. The highest BCUT2D eigenvalue weighted by molar-refractivity contribution is 7.99. The van der Waals surface area contributed by atoms with E-state index in [1.54, 1.807) is 6.92 Å². The average molecular weight is 288 g/mol. The molecule has 0 aromatic rings. The first-order valence-corrected chi connectivity index (χ1v) is 8.11. The van der Waals surface area contributed by atoms with Crippen LogP contribution in [0.15, 0.2) is 0 Å². The summed E-state index contributed by atoms with van der Waals surface area (Å²) in [6, 6.07) is 0.0763. The molecule has 1 saturated carbocycles. The van der Waals surface area contributed by atoms with Gasteiger partial charge in [0.05, 0.1) is 5.92 Å². The molecule has 1 rings (SSSR count). The van der Waals surface area contributed by atoms with Gasteiger partial charge in [0.15, 0.2) is 0 Å². The zero-order valence-electron chi connectivity index (χ0n) is 11.6. The van der Waals surface area contributed by atoms with Crippen LogP contribution < -0.4 is 10.6 Å². The van der Waals surface area contributed by atoms with E-state index in [1.165, 1.54) is 6.42 Å². The number of thioether (sulfide) groups is 1. The fourth-order valence-electron chi connectivity index (χ4n) is 2.25. The highest BCUT2D eigenvalue weighted by Gasteiger charge is 2.22. The molecular weight excluding hydrogens is 264 g/mol. The smallest absolute Gasteiger partial charge is 0.315 e. The molecule has 0 aromatic carbocycles. The van der Waals surface area contributed by atoms with Crippen molar-refractivity contribution in [3.8, 4) is 0 Å². The minimum atomic E-state index is -0.822. The summed E-state index contributed by atoms with van der Waals surface area (Å²) in [6.45, 7) is 2.05. The zero-order valence-corrected chi connectivity index (χ0v) is 12.5. The number of rotatable bonds is 6. The number of hydrogen-bond acceptors (Lipinski definition) is 3. The molecule has 0 spiro atoms. The summed E-state index contributed by atoms with van der Waals surface area (Å²) in [5, 5.41) is 15.1. The van der Waals surface area contributed by atoms with Crippen LogP contribution in [0.4, 0.5) is 4.79 Å². The molecule has 3 atom stereocenters. The Morgan fingerprint density at radius 3 is 2.79 bits per heavy atom. The Kier molecular flexibility index (Phi) is 7.05. The SMILES string of the molecule is CSC1CCCC(NC(=O)NCCC(C)C(=O)O)C1. The van der Waals surface area contributed by atoms with Crippen molar-refractivity contribution < 1.29 is 14.7 Å². The molecule has 0 heterocycles. The number of carboxylic acid groups (broad SMARTS) is 1. The second-order valence-corrected chi connectivity index (χ2v) is 6.29. The van der Waals surface area contributed by atoms with Gasteiger partial charge in [-0.15, -0.1) is 0 Å². The number of carbonyl (C=O) groups excluding carboxylic acids is 1. The molecule has 3 unspecified atom stereocenters. The number of amides is 2. The van der Waals surface area contributed by atoms with Gasteiger partial charge in [-0.1, -0.05) is 13.3 Å². The molecule has 0 aromatic heterocycles. The van der Waals surface area contributed by atoms with Crippen LogP contribution in [0, 0.1) is 5.92 Å². The minimum Gasteiger partial charge on any atom is -0.481 e. The third-order valence-electron chi connectivity index (χ3n) is 3.58. The van der Waals surface area contributed by atoms with Gasteiger partial charge < -0.3 is 15.7 Å². The Balaban J connectivity index is 2.18. The van der Waals surface area contributed by atoms with Crippen molar-refractivity contribution in [1.29, 1.82) is 0 Å². The van der Waals surface area contributed by atoms with E-state index in [4.69, 9.17) is 5.11 Å². The lowest BCUT2D eigenvalue weighted by molar-refractivity contribution is -0.141. The standard InChI is InChI=1S/C13H24N2O3S/c1-9(12(16)17)6-7-14-13(18)15-10-4-3-5-11(8-10)19-2/h9-11H,3-8H2,1-2H3,(H,16,17)(H2,14,15,18). The topological polar surface area (TPSA) is 78.4 Å². The van der Waals surface area contributed by atoms with E-state index in [0.717, 1.165) is 19.3 Å². The molecule has 2 amide bonds. The van der Waals surface area contributed by atoms with Gasteiger partial charge in [0, 0.05) is 17.8 Å². The maximum atomic E-state index is 11.7. The summed E-state index contributed by atoms with van der Waals surface area (Å²) >= 11 is 1.86. The summed E-state index contributed by atoms with van der Waals surface area (Å²) in [5.74, 6) is -1.24. The molecule has 0 bridgehead atoms. The molecule has 6 heteroatoms. The predicted molar refractivity (Wildman–Crippen MR) is 77.5 cm³/mol. The molecule has 19 heavy (non-hydrogen) atoms. The Labute approximate surface area is 118 Å². The van der Waals surface area contributed by atoms with Crippen molar-refractivity contribution in [2.24, 2.45) is 5.92 Å². The second kappa shape index (κ2) is 8.30. The first-order chi connectivity index (χ1) is 9.02. The van der Waals surface area contributed by atoms with Crippen molar-refractivity contribution >= 4 is 23.8 Å². The number of nitrogens with one attached hydrogen (secondary N) is 2. The Bertz CT molecular complexity index is 312. The van der Waals surface area contributed by atoms with Crippen LogP contribution in [-0.4, -0.2) is 41.2 Å². The van der Waals surface area contributed by atoms with Crippen molar-refractivity contribution in [3.05, 3.63) is 0 Å². The molecule has 1 aliphatic carbocycles. The molecule has 0 aliphatic heterocycles. The van der Waals surface area contributed by atoms with E-state index < -0.39 is 11.9 Å². The molecule has 0 saturated heterocycles. The van der Waals surface area contributed by atoms with Gasteiger partial charge in [0.2, 0.25) is 0 Å². The van der Waals surface area contributed by atoms with Crippen LogP contribution in [0.2, 0.25) is 0 Å². The first kappa shape index (κ1) is 16.1. The number of carboxylic acids is 1. The van der Waals surface area contributed by atoms with E-state index in [9.17, 15) is 9.59 Å². The van der Waals surface area contributed by atoms with Crippen LogP contribution >= 0.6 is 11.8 Å². The number of urea groups is 1. The summed E-state index contributed by atoms with van der Waals surface area (Å²) in [7, 11) is 0. The number of carbonyl (C=O) groups is 2. The fraction of sp³-hybridized carbons (Fsp3) is 0.846. The van der Waals surface area contributed by atoms with E-state index in [-0.39, 0.29) is 12.1 Å². The van der Waals surface area contributed by atoms with Crippen molar-refractivity contribution in [2.45, 2.75) is 50.3 Å². The van der Waals surface area contributed by atoms with Gasteiger partial charge in [-0.3, -0.25) is 4.79 Å². The summed E-state index contributed by atoms with van der Waals surface area (Å²) < 4.78 is 0. The maximum absolute atomic E-state index is 11.7. The van der Waals surface area contributed by atoms with Crippen LogP contribution in [0.25, 0.3) is 0 Å². The molecule has 3 N–H and O–H groups in total. The third kappa shape index (κ3) is 6.18. The minimum absolute atomic E-state index is 0.177. The van der Waals surface area contributed by atoms with E-state index >= 15 is 0 Å². The van der Waals surface area contributed by atoms with E-state index in [1.807, 2.05) is 11.8 Å². The molecule has 110 valence electrons. The fourth-order valence-corrected chi connectivity index (χ4v) is 3.08. The van der Waals surface area contributed by atoms with Crippen LogP contribution in [-0.2, 0) is 4.79 Å². The molecule has 1 aliphatic rings. The Hall–Kier alpha value is -0.910. The maximum Gasteiger partial charge on any atom is 0.315 e. The Morgan fingerprint density at radius 1 is 1.42 bits per heavy atom. The van der Waals surface area contributed by atoms with Crippen LogP contribution in [0.1, 0.15) is 39.0 Å². The van der Waals surface area contributed by atoms with Gasteiger partial charge >= 0.3 is 12.0 Å². The van der Waals surface area contributed by atoms with E-state index in [0.29, 0.717) is 18.2 Å². The first-order valence-electron chi connectivity index (χ1n) is 6.83. The normalized spacial score (nSPS) is 24.5. The quantitative estimate of drug-likeness (QED) is 0.699. The molecule has 5 nitrogen and oxygen atoms in total. The monoisotopic (exact) mass is 288 g/mol. The lowest BCUT2D eigenvalue weighted by Crippen LogP contribution is -2.45.